The molecule has 0 aliphatic heterocycles. The number of hydrogen-bond acceptors (Lipinski definition) is 0. The molecule has 16 valence electrons. The summed E-state index contributed by atoms with van der Waals surface area (Å²) in [5.41, 5.74) is 0. The predicted octanol–water partition coefficient (Wildman–Crippen LogP) is -9.37. The van der Waals surface area contributed by atoms with Gasteiger partial charge in [-0.05, 0) is 0 Å². The quantitative estimate of drug-likeness (QED) is 0.339. The van der Waals surface area contributed by atoms with Crippen LogP contribution in [0.4, 0.5) is 0 Å². The van der Waals surface area contributed by atoms with Gasteiger partial charge in [0.05, 0.1) is 0 Å². The first-order chi connectivity index (χ1) is 0. The Morgan fingerprint density at radius 3 is 0.750 bits per heavy atom. The van der Waals surface area contributed by atoms with Crippen molar-refractivity contribution < 1.29 is 76.2 Å². The molecule has 0 atom stereocenters. The zero-order valence-corrected chi connectivity index (χ0v) is 10.6. The van der Waals surface area contributed by atoms with Crippen LogP contribution < -0.4 is 76.2 Å². The molecule has 0 aliphatic rings. The molecule has 0 aromatic carbocycles. The molecule has 0 fully saturated rings. The first-order valence-corrected chi connectivity index (χ1v) is 0. The Hall–Kier alpha value is 3.70. The second kappa shape index (κ2) is 15.9. The second-order valence-corrected chi connectivity index (χ2v) is 0. The van der Waals surface area contributed by atoms with Crippen LogP contribution in [0, 0.1) is 0 Å². The third kappa shape index (κ3) is 9.20. The van der Waals surface area contributed by atoms with E-state index in [0.717, 1.165) is 0 Å². The minimum Gasteiger partial charge on any atom is -1.00 e. The zero-order chi connectivity index (χ0) is 0. The molecule has 0 amide bonds. The number of hydrogen-bond donors (Lipinski definition) is 0. The summed E-state index contributed by atoms with van der Waals surface area (Å²) in [4.78, 5) is 0. The van der Waals surface area contributed by atoms with Gasteiger partial charge in [-0.1, -0.05) is 0 Å². The Bertz CT molecular complexity index is 6.00. The summed E-state index contributed by atoms with van der Waals surface area (Å²) < 4.78 is 0. The van der Waals surface area contributed by atoms with Crippen LogP contribution in [0.1, 0.15) is 0 Å². The summed E-state index contributed by atoms with van der Waals surface area (Å²) in [5, 5.41) is 0. The van der Waals surface area contributed by atoms with Crippen molar-refractivity contribution in [1.82, 2.24) is 0 Å². The number of halogens is 2. The molecule has 0 radical (unpaired) electrons. The molecule has 0 saturated heterocycles. The molecule has 4 heteroatoms. The van der Waals surface area contributed by atoms with Crippen molar-refractivity contribution in [3.05, 3.63) is 0 Å². The van der Waals surface area contributed by atoms with Crippen LogP contribution in [0.2, 0.25) is 0 Å². The largest absolute Gasteiger partial charge is 2.00 e. The average Bonchev–Trinajstić information content (AvgIpc) is 0. The third-order valence-corrected chi connectivity index (χ3v) is 0. The van der Waals surface area contributed by atoms with E-state index >= 15 is 0 Å². The number of rotatable bonds is 0. The third-order valence-electron chi connectivity index (χ3n) is 0. The Morgan fingerprint density at radius 2 is 0.750 bits per heavy atom. The van der Waals surface area contributed by atoms with Gasteiger partial charge >= 0.3 is 96.9 Å². The van der Waals surface area contributed by atoms with Crippen molar-refractivity contribution in [1.29, 1.82) is 0 Å². The van der Waals surface area contributed by atoms with Gasteiger partial charge in [-0.25, -0.2) is 0 Å². The Morgan fingerprint density at radius 1 is 0.750 bits per heavy atom. The molecule has 4 heavy (non-hydrogen) atoms. The van der Waals surface area contributed by atoms with Crippen molar-refractivity contribution in [3.63, 3.8) is 0 Å². The van der Waals surface area contributed by atoms with E-state index in [4.69, 9.17) is 0 Å². The minimum atomic E-state index is 0. The molecule has 0 saturated carbocycles. The molecular formula is Cl2KSr+. The van der Waals surface area contributed by atoms with Gasteiger partial charge in [-0.3, -0.25) is 0 Å². The molecule has 0 rings (SSSR count). The van der Waals surface area contributed by atoms with Gasteiger partial charge in [-0.15, -0.1) is 0 Å². The molecule has 0 nitrogen and oxygen atoms in total. The summed E-state index contributed by atoms with van der Waals surface area (Å²) in [5.74, 6) is 0. The van der Waals surface area contributed by atoms with Crippen molar-refractivity contribution in [2.75, 3.05) is 0 Å². The monoisotopic (exact) mass is 197 g/mol. The van der Waals surface area contributed by atoms with E-state index in [1.54, 1.807) is 0 Å². The SMILES string of the molecule is [Cl-].[Cl-].[K+].[Sr+2]. The molecule has 0 aromatic heterocycles. The summed E-state index contributed by atoms with van der Waals surface area (Å²) in [6.07, 6.45) is 0. The maximum Gasteiger partial charge on any atom is 2.00 e. The van der Waals surface area contributed by atoms with Crippen molar-refractivity contribution in [2.24, 2.45) is 0 Å². The van der Waals surface area contributed by atoms with Gasteiger partial charge < -0.3 is 24.8 Å². The van der Waals surface area contributed by atoms with Gasteiger partial charge in [0.2, 0.25) is 0 Å². The van der Waals surface area contributed by atoms with E-state index in [1.165, 1.54) is 0 Å². The minimum absolute atomic E-state index is 0. The molecule has 0 N–H and O–H groups in total. The predicted molar refractivity (Wildman–Crippen MR) is 5.75 cm³/mol. The van der Waals surface area contributed by atoms with Gasteiger partial charge in [0, 0.05) is 0 Å². The standard InChI is InChI=1S/2ClH.K.Sr/h2*1H;;/q;;+1;+2/p-2. The Kier molecular flexibility index (Phi) is 100. The van der Waals surface area contributed by atoms with Gasteiger partial charge in [0.25, 0.3) is 0 Å². The summed E-state index contributed by atoms with van der Waals surface area (Å²) in [6.45, 7) is 0. The van der Waals surface area contributed by atoms with Crippen LogP contribution in [0.5, 0.6) is 0 Å². The molecule has 0 bridgehead atoms. The first kappa shape index (κ1) is 25.3. The van der Waals surface area contributed by atoms with E-state index in [1.807, 2.05) is 0 Å². The van der Waals surface area contributed by atoms with E-state index < -0.39 is 0 Å². The first-order valence-electron chi connectivity index (χ1n) is 0. The van der Waals surface area contributed by atoms with E-state index in [9.17, 15) is 0 Å². The van der Waals surface area contributed by atoms with Gasteiger partial charge in [0.15, 0.2) is 0 Å². The van der Waals surface area contributed by atoms with Crippen LogP contribution >= 0.6 is 0 Å². The summed E-state index contributed by atoms with van der Waals surface area (Å²) in [7, 11) is 0. The fraction of sp³-hybridized carbons (Fsp3) is 0. The molecule has 0 unspecified atom stereocenters. The summed E-state index contributed by atoms with van der Waals surface area (Å²) in [6, 6.07) is 0. The van der Waals surface area contributed by atoms with Gasteiger partial charge in [0.1, 0.15) is 0 Å². The van der Waals surface area contributed by atoms with Crippen LogP contribution in [0.25, 0.3) is 0 Å². The smallest absolute Gasteiger partial charge is 1.00 e. The fourth-order valence-electron chi connectivity index (χ4n) is 0. The molecule has 0 heterocycles. The summed E-state index contributed by atoms with van der Waals surface area (Å²) >= 11 is 0. The molecule has 0 aromatic rings. The van der Waals surface area contributed by atoms with Gasteiger partial charge in [-0.2, -0.15) is 0 Å². The fourth-order valence-corrected chi connectivity index (χ4v) is 0. The maximum absolute atomic E-state index is 0. The van der Waals surface area contributed by atoms with Crippen molar-refractivity contribution in [2.45, 2.75) is 0 Å². The van der Waals surface area contributed by atoms with Crippen molar-refractivity contribution >= 4 is 45.5 Å². The Labute approximate surface area is 118 Å². The molecule has 0 spiro atoms. The van der Waals surface area contributed by atoms with E-state index in [-0.39, 0.29) is 122 Å². The van der Waals surface area contributed by atoms with Crippen LogP contribution in [-0.4, -0.2) is 45.5 Å². The maximum atomic E-state index is 0. The van der Waals surface area contributed by atoms with Crippen LogP contribution in [-0.2, 0) is 0 Å². The average molecular weight is 198 g/mol. The molecule has 0 aliphatic carbocycles. The van der Waals surface area contributed by atoms with Crippen LogP contribution in [0.3, 0.4) is 0 Å². The van der Waals surface area contributed by atoms with E-state index in [2.05, 4.69) is 0 Å². The zero-order valence-electron chi connectivity index (χ0n) is 2.46. The normalized spacial score (nSPS) is 0. The molecular weight excluding hydrogens is 198 g/mol. The van der Waals surface area contributed by atoms with Crippen molar-refractivity contribution in [3.8, 4) is 0 Å². The van der Waals surface area contributed by atoms with Crippen LogP contribution in [0.15, 0.2) is 0 Å². The second-order valence-electron chi connectivity index (χ2n) is 0. The van der Waals surface area contributed by atoms with E-state index in [0.29, 0.717) is 0 Å². The topological polar surface area (TPSA) is 0 Å². The Balaban J connectivity index is 0.